The highest BCUT2D eigenvalue weighted by atomic mass is 19.4. The maximum absolute atomic E-state index is 12.6. The summed E-state index contributed by atoms with van der Waals surface area (Å²) in [5, 5.41) is 0.553. The fourth-order valence-corrected chi connectivity index (χ4v) is 2.66. The number of aromatic nitrogens is 1. The van der Waals surface area contributed by atoms with Gasteiger partial charge in [-0.05, 0) is 30.2 Å². The Hall–Kier alpha value is -2.31. The van der Waals surface area contributed by atoms with Crippen molar-refractivity contribution >= 4 is 28.4 Å². The number of nitrogens with zero attached hydrogens (tertiary/aromatic N) is 2. The Bertz CT molecular complexity index is 761. The van der Waals surface area contributed by atoms with Crippen molar-refractivity contribution in [1.29, 1.82) is 0 Å². The van der Waals surface area contributed by atoms with E-state index in [1.807, 2.05) is 0 Å². The van der Waals surface area contributed by atoms with Gasteiger partial charge in [-0.3, -0.25) is 14.2 Å². The van der Waals surface area contributed by atoms with Gasteiger partial charge in [0.25, 0.3) is 0 Å². The van der Waals surface area contributed by atoms with Crippen molar-refractivity contribution in [2.45, 2.75) is 19.5 Å². The van der Waals surface area contributed by atoms with Crippen molar-refractivity contribution in [1.82, 2.24) is 4.57 Å². The highest BCUT2D eigenvalue weighted by Gasteiger charge is 2.40. The van der Waals surface area contributed by atoms with E-state index < -0.39 is 12.1 Å². The van der Waals surface area contributed by atoms with E-state index in [0.717, 1.165) is 11.8 Å². The van der Waals surface area contributed by atoms with E-state index in [1.165, 1.54) is 24.0 Å². The molecule has 0 saturated carbocycles. The first-order chi connectivity index (χ1) is 9.79. The molecule has 0 atom stereocenters. The van der Waals surface area contributed by atoms with Gasteiger partial charge in [-0.2, -0.15) is 13.2 Å². The van der Waals surface area contributed by atoms with Crippen LogP contribution < -0.4 is 4.90 Å². The Kier molecular flexibility index (Phi) is 2.82. The van der Waals surface area contributed by atoms with E-state index in [1.54, 1.807) is 6.07 Å². The van der Waals surface area contributed by atoms with Gasteiger partial charge in [0.1, 0.15) is 0 Å². The third kappa shape index (κ3) is 2.09. The molecule has 0 bridgehead atoms. The molecule has 1 aliphatic heterocycles. The van der Waals surface area contributed by atoms with Crippen LogP contribution in [0, 0.1) is 0 Å². The molecule has 21 heavy (non-hydrogen) atoms. The SMILES string of the molecule is CC(=O)N1CCc2cc3ccn(C(=O)C(F)(F)F)c3cc21. The molecule has 1 amide bonds. The predicted octanol–water partition coefficient (Wildman–Crippen LogP) is 2.75. The average Bonchev–Trinajstić information content (AvgIpc) is 2.96. The molecule has 0 fully saturated rings. The molecule has 1 aromatic carbocycles. The van der Waals surface area contributed by atoms with Gasteiger partial charge in [-0.15, -0.1) is 0 Å². The van der Waals surface area contributed by atoms with Crippen molar-refractivity contribution in [3.05, 3.63) is 30.0 Å². The van der Waals surface area contributed by atoms with Gasteiger partial charge in [0.15, 0.2) is 0 Å². The zero-order valence-corrected chi connectivity index (χ0v) is 11.1. The molecule has 4 nitrogen and oxygen atoms in total. The van der Waals surface area contributed by atoms with Crippen molar-refractivity contribution in [3.8, 4) is 0 Å². The average molecular weight is 296 g/mol. The van der Waals surface area contributed by atoms with E-state index in [2.05, 4.69) is 0 Å². The molecule has 2 heterocycles. The summed E-state index contributed by atoms with van der Waals surface area (Å²) < 4.78 is 38.3. The van der Waals surface area contributed by atoms with E-state index >= 15 is 0 Å². The highest BCUT2D eigenvalue weighted by Crippen LogP contribution is 2.33. The van der Waals surface area contributed by atoms with E-state index in [-0.39, 0.29) is 11.4 Å². The normalized spacial score (nSPS) is 14.6. The van der Waals surface area contributed by atoms with Crippen LogP contribution in [0.3, 0.4) is 0 Å². The summed E-state index contributed by atoms with van der Waals surface area (Å²) in [6, 6.07) is 4.67. The molecule has 1 aromatic heterocycles. The Morgan fingerprint density at radius 2 is 1.95 bits per heavy atom. The standard InChI is InChI=1S/C14H11F3N2O2/c1-8(20)18-4-2-9-6-10-3-5-19(12(10)7-11(9)18)13(21)14(15,16)17/h3,5-7H,2,4H2,1H3. The van der Waals surface area contributed by atoms with Crippen LogP contribution >= 0.6 is 0 Å². The smallest absolute Gasteiger partial charge is 0.312 e. The first kappa shape index (κ1) is 13.7. The quantitative estimate of drug-likeness (QED) is 0.750. The second-order valence-electron chi connectivity index (χ2n) is 4.95. The van der Waals surface area contributed by atoms with Gasteiger partial charge in [-0.1, -0.05) is 0 Å². The molecular weight excluding hydrogens is 285 g/mol. The summed E-state index contributed by atoms with van der Waals surface area (Å²) >= 11 is 0. The van der Waals surface area contributed by atoms with Crippen LogP contribution in [-0.2, 0) is 11.2 Å². The molecule has 110 valence electrons. The molecule has 0 radical (unpaired) electrons. The molecule has 7 heteroatoms. The molecule has 0 saturated heterocycles. The highest BCUT2D eigenvalue weighted by molar-refractivity contribution is 6.00. The van der Waals surface area contributed by atoms with E-state index in [0.29, 0.717) is 28.6 Å². The number of alkyl halides is 3. The van der Waals surface area contributed by atoms with Crippen LogP contribution in [0.1, 0.15) is 17.3 Å². The van der Waals surface area contributed by atoms with Gasteiger partial charge in [0.2, 0.25) is 5.91 Å². The number of benzene rings is 1. The molecule has 3 rings (SSSR count). The number of rotatable bonds is 0. The number of anilines is 1. The maximum atomic E-state index is 12.6. The summed E-state index contributed by atoms with van der Waals surface area (Å²) in [4.78, 5) is 24.5. The summed E-state index contributed by atoms with van der Waals surface area (Å²) in [6.45, 7) is 1.91. The van der Waals surface area contributed by atoms with Crippen LogP contribution in [-0.4, -0.2) is 29.1 Å². The maximum Gasteiger partial charge on any atom is 0.472 e. The fourth-order valence-electron chi connectivity index (χ4n) is 2.66. The summed E-state index contributed by atoms with van der Waals surface area (Å²) in [5.74, 6) is -2.11. The third-order valence-corrected chi connectivity index (χ3v) is 3.63. The third-order valence-electron chi connectivity index (χ3n) is 3.63. The van der Waals surface area contributed by atoms with Crippen molar-refractivity contribution in [2.75, 3.05) is 11.4 Å². The van der Waals surface area contributed by atoms with Crippen LogP contribution in [0.25, 0.3) is 10.9 Å². The largest absolute Gasteiger partial charge is 0.472 e. The van der Waals surface area contributed by atoms with Gasteiger partial charge < -0.3 is 4.90 Å². The summed E-state index contributed by atoms with van der Waals surface area (Å²) in [5.41, 5.74) is 1.63. The monoisotopic (exact) mass is 296 g/mol. The Labute approximate surface area is 117 Å². The number of hydrogen-bond donors (Lipinski definition) is 0. The number of fused-ring (bicyclic) bond motifs is 2. The van der Waals surface area contributed by atoms with Gasteiger partial charge in [0, 0.05) is 30.7 Å². The molecule has 0 aliphatic carbocycles. The number of hydrogen-bond acceptors (Lipinski definition) is 2. The van der Waals surface area contributed by atoms with Gasteiger partial charge in [0.05, 0.1) is 5.52 Å². The van der Waals surface area contributed by atoms with Crippen LogP contribution in [0.5, 0.6) is 0 Å². The molecule has 0 N–H and O–H groups in total. The van der Waals surface area contributed by atoms with Gasteiger partial charge in [-0.25, -0.2) is 0 Å². The Balaban J connectivity index is 2.17. The topological polar surface area (TPSA) is 42.3 Å². The first-order valence-electron chi connectivity index (χ1n) is 6.32. The molecule has 0 spiro atoms. The Morgan fingerprint density at radius 1 is 1.24 bits per heavy atom. The second kappa shape index (κ2) is 4.34. The number of carbonyl (C=O) groups excluding carboxylic acids is 2. The lowest BCUT2D eigenvalue weighted by Gasteiger charge is -2.15. The van der Waals surface area contributed by atoms with Crippen molar-refractivity contribution in [3.63, 3.8) is 0 Å². The lowest BCUT2D eigenvalue weighted by Crippen LogP contribution is -2.28. The number of amides is 1. The molecule has 0 unspecified atom stereocenters. The second-order valence-corrected chi connectivity index (χ2v) is 4.95. The van der Waals surface area contributed by atoms with Crippen LogP contribution in [0.4, 0.5) is 18.9 Å². The summed E-state index contributed by atoms with van der Waals surface area (Å²) in [7, 11) is 0. The van der Waals surface area contributed by atoms with Crippen molar-refractivity contribution < 1.29 is 22.8 Å². The Morgan fingerprint density at radius 3 is 2.57 bits per heavy atom. The van der Waals surface area contributed by atoms with Crippen LogP contribution in [0.15, 0.2) is 24.4 Å². The zero-order valence-electron chi connectivity index (χ0n) is 11.1. The molecular formula is C14H11F3N2O2. The minimum absolute atomic E-state index is 0.157. The predicted molar refractivity (Wildman–Crippen MR) is 70.4 cm³/mol. The molecule has 2 aromatic rings. The fraction of sp³-hybridized carbons (Fsp3) is 0.286. The molecule has 1 aliphatic rings. The zero-order chi connectivity index (χ0) is 15.4. The minimum atomic E-state index is -4.94. The minimum Gasteiger partial charge on any atom is -0.312 e. The van der Waals surface area contributed by atoms with Crippen molar-refractivity contribution in [2.24, 2.45) is 0 Å². The first-order valence-corrected chi connectivity index (χ1v) is 6.32. The lowest BCUT2D eigenvalue weighted by molar-refractivity contribution is -0.116. The van der Waals surface area contributed by atoms with Crippen LogP contribution in [0.2, 0.25) is 0 Å². The summed E-state index contributed by atoms with van der Waals surface area (Å²) in [6.07, 6.45) is -3.18. The van der Waals surface area contributed by atoms with Gasteiger partial charge >= 0.3 is 12.1 Å². The number of carbonyl (C=O) groups is 2. The van der Waals surface area contributed by atoms with E-state index in [9.17, 15) is 22.8 Å². The lowest BCUT2D eigenvalue weighted by atomic mass is 10.1. The number of halogens is 3. The van der Waals surface area contributed by atoms with E-state index in [4.69, 9.17) is 0 Å².